The minimum absolute atomic E-state index is 0.0420. The van der Waals surface area contributed by atoms with Gasteiger partial charge in [-0.2, -0.15) is 0 Å². The van der Waals surface area contributed by atoms with E-state index in [1.165, 1.54) is 6.42 Å². The molecule has 2 heterocycles. The van der Waals surface area contributed by atoms with Gasteiger partial charge in [-0.15, -0.1) is 0 Å². The van der Waals surface area contributed by atoms with Gasteiger partial charge in [0, 0.05) is 27.9 Å². The predicted octanol–water partition coefficient (Wildman–Crippen LogP) is 5.23. The van der Waals surface area contributed by atoms with Gasteiger partial charge in [-0.3, -0.25) is 9.36 Å². The summed E-state index contributed by atoms with van der Waals surface area (Å²) in [6, 6.07) is 11.3. The quantitative estimate of drug-likeness (QED) is 0.489. The molecule has 0 spiro atoms. The Morgan fingerprint density at radius 1 is 1.10 bits per heavy atom. The Balaban J connectivity index is 1.66. The van der Waals surface area contributed by atoms with Crippen LogP contribution in [-0.2, 0) is 6.54 Å². The molecule has 6 heteroatoms. The monoisotopic (exact) mass is 421 g/mol. The SMILES string of the molecule is NCC1CCCC(Cn2c(-c3ccc4cocc4c3)nc3ccc(Cl)cc3c2=O)C1. The molecule has 1 aliphatic carbocycles. The van der Waals surface area contributed by atoms with Gasteiger partial charge >= 0.3 is 0 Å². The molecule has 0 aliphatic heterocycles. The number of hydrogen-bond donors (Lipinski definition) is 1. The van der Waals surface area contributed by atoms with Gasteiger partial charge < -0.3 is 10.2 Å². The van der Waals surface area contributed by atoms with Crippen LogP contribution < -0.4 is 11.3 Å². The standard InChI is InChI=1S/C24H24ClN3O2/c25-20-6-7-22-21(10-20)24(29)28(12-16-3-1-2-15(8-16)11-26)23(27-22)17-4-5-18-13-30-14-19(18)9-17/h4-7,9-10,13-16H,1-3,8,11-12,26H2. The van der Waals surface area contributed by atoms with Gasteiger partial charge in [0.15, 0.2) is 0 Å². The molecule has 2 aromatic heterocycles. The van der Waals surface area contributed by atoms with E-state index in [2.05, 4.69) is 0 Å². The fourth-order valence-corrected chi connectivity index (χ4v) is 4.90. The first kappa shape index (κ1) is 19.3. The Bertz CT molecular complexity index is 1280. The van der Waals surface area contributed by atoms with Crippen LogP contribution in [0.1, 0.15) is 25.7 Å². The number of halogens is 1. The van der Waals surface area contributed by atoms with Crippen molar-refractivity contribution < 1.29 is 4.42 Å². The Morgan fingerprint density at radius 2 is 1.93 bits per heavy atom. The van der Waals surface area contributed by atoms with E-state index < -0.39 is 0 Å². The van der Waals surface area contributed by atoms with Gasteiger partial charge in [0.25, 0.3) is 5.56 Å². The Labute approximate surface area is 179 Å². The second-order valence-corrected chi connectivity index (χ2v) is 8.80. The highest BCUT2D eigenvalue weighted by Gasteiger charge is 2.24. The second-order valence-electron chi connectivity index (χ2n) is 8.36. The molecular formula is C24H24ClN3O2. The predicted molar refractivity (Wildman–Crippen MR) is 121 cm³/mol. The first-order valence-electron chi connectivity index (χ1n) is 10.5. The van der Waals surface area contributed by atoms with Crippen molar-refractivity contribution in [2.24, 2.45) is 17.6 Å². The van der Waals surface area contributed by atoms with Gasteiger partial charge in [0.05, 0.1) is 23.4 Å². The van der Waals surface area contributed by atoms with E-state index >= 15 is 0 Å². The molecule has 0 saturated heterocycles. The minimum atomic E-state index is -0.0420. The smallest absolute Gasteiger partial charge is 0.261 e. The number of hydrogen-bond acceptors (Lipinski definition) is 4. The first-order valence-corrected chi connectivity index (χ1v) is 10.9. The van der Waals surface area contributed by atoms with Crippen molar-refractivity contribution >= 4 is 33.3 Å². The van der Waals surface area contributed by atoms with E-state index in [1.54, 1.807) is 24.7 Å². The highest BCUT2D eigenvalue weighted by molar-refractivity contribution is 6.31. The fourth-order valence-electron chi connectivity index (χ4n) is 4.73. The molecule has 5 nitrogen and oxygen atoms in total. The van der Waals surface area contributed by atoms with Crippen molar-refractivity contribution in [3.8, 4) is 11.4 Å². The highest BCUT2D eigenvalue weighted by atomic mass is 35.5. The summed E-state index contributed by atoms with van der Waals surface area (Å²) in [5.74, 6) is 1.64. The molecule has 2 atom stereocenters. The van der Waals surface area contributed by atoms with Crippen LogP contribution >= 0.6 is 11.6 Å². The first-order chi connectivity index (χ1) is 14.6. The average Bonchev–Trinajstić information content (AvgIpc) is 3.24. The van der Waals surface area contributed by atoms with E-state index in [1.807, 2.05) is 28.8 Å². The zero-order valence-electron chi connectivity index (χ0n) is 16.7. The Hall–Kier alpha value is -2.63. The molecule has 30 heavy (non-hydrogen) atoms. The van der Waals surface area contributed by atoms with Crippen LogP contribution in [0.25, 0.3) is 33.1 Å². The molecular weight excluding hydrogens is 398 g/mol. The fraction of sp³-hybridized carbons (Fsp3) is 0.333. The van der Waals surface area contributed by atoms with Gasteiger partial charge in [-0.25, -0.2) is 4.98 Å². The van der Waals surface area contributed by atoms with Crippen LogP contribution in [0.5, 0.6) is 0 Å². The van der Waals surface area contributed by atoms with E-state index in [-0.39, 0.29) is 5.56 Å². The Morgan fingerprint density at radius 3 is 2.80 bits per heavy atom. The molecule has 0 bridgehead atoms. The van der Waals surface area contributed by atoms with Crippen molar-refractivity contribution in [3.05, 3.63) is 64.3 Å². The maximum Gasteiger partial charge on any atom is 0.261 e. The lowest BCUT2D eigenvalue weighted by Gasteiger charge is -2.29. The average molecular weight is 422 g/mol. The largest absolute Gasteiger partial charge is 0.471 e. The topological polar surface area (TPSA) is 74.1 Å². The zero-order chi connectivity index (χ0) is 20.7. The van der Waals surface area contributed by atoms with Crippen LogP contribution in [0, 0.1) is 11.8 Å². The number of nitrogens with zero attached hydrogens (tertiary/aromatic N) is 2. The molecule has 1 saturated carbocycles. The molecule has 1 aliphatic rings. The number of benzene rings is 2. The summed E-state index contributed by atoms with van der Waals surface area (Å²) in [4.78, 5) is 18.4. The third-order valence-electron chi connectivity index (χ3n) is 6.32. The third kappa shape index (κ3) is 3.53. The maximum atomic E-state index is 13.5. The van der Waals surface area contributed by atoms with E-state index in [9.17, 15) is 4.79 Å². The number of rotatable bonds is 4. The Kier molecular flexibility index (Phi) is 5.09. The van der Waals surface area contributed by atoms with Crippen molar-refractivity contribution in [2.45, 2.75) is 32.2 Å². The van der Waals surface area contributed by atoms with Gasteiger partial charge in [-0.05, 0) is 61.9 Å². The van der Waals surface area contributed by atoms with Crippen molar-refractivity contribution in [1.82, 2.24) is 9.55 Å². The van der Waals surface area contributed by atoms with Crippen molar-refractivity contribution in [3.63, 3.8) is 0 Å². The molecule has 2 unspecified atom stereocenters. The van der Waals surface area contributed by atoms with Crippen LogP contribution in [0.3, 0.4) is 0 Å². The van der Waals surface area contributed by atoms with Gasteiger partial charge in [0.1, 0.15) is 5.82 Å². The van der Waals surface area contributed by atoms with E-state index in [0.717, 1.165) is 35.6 Å². The van der Waals surface area contributed by atoms with Crippen LogP contribution in [0.15, 0.2) is 58.1 Å². The van der Waals surface area contributed by atoms with E-state index in [0.29, 0.717) is 46.7 Å². The van der Waals surface area contributed by atoms with E-state index in [4.69, 9.17) is 26.7 Å². The summed E-state index contributed by atoms with van der Waals surface area (Å²) in [5.41, 5.74) is 7.46. The second kappa shape index (κ2) is 7.89. The molecule has 1 fully saturated rings. The third-order valence-corrected chi connectivity index (χ3v) is 6.55. The number of nitrogens with two attached hydrogens (primary N) is 1. The summed E-state index contributed by atoms with van der Waals surface area (Å²) in [6.07, 6.45) is 7.93. The molecule has 0 amide bonds. The van der Waals surface area contributed by atoms with Crippen molar-refractivity contribution in [2.75, 3.05) is 6.54 Å². The summed E-state index contributed by atoms with van der Waals surface area (Å²) in [7, 11) is 0. The molecule has 4 aromatic rings. The van der Waals surface area contributed by atoms with Crippen LogP contribution in [-0.4, -0.2) is 16.1 Å². The minimum Gasteiger partial charge on any atom is -0.471 e. The number of aromatic nitrogens is 2. The number of fused-ring (bicyclic) bond motifs is 2. The number of furan rings is 1. The van der Waals surface area contributed by atoms with Gasteiger partial charge in [-0.1, -0.05) is 30.2 Å². The highest BCUT2D eigenvalue weighted by Crippen LogP contribution is 2.31. The molecule has 2 N–H and O–H groups in total. The lowest BCUT2D eigenvalue weighted by atomic mass is 9.81. The maximum absolute atomic E-state index is 13.5. The summed E-state index contributed by atoms with van der Waals surface area (Å²) >= 11 is 6.18. The van der Waals surface area contributed by atoms with Crippen LogP contribution in [0.2, 0.25) is 5.02 Å². The summed E-state index contributed by atoms with van der Waals surface area (Å²) < 4.78 is 7.16. The normalized spacial score (nSPS) is 19.5. The lowest BCUT2D eigenvalue weighted by Crippen LogP contribution is -2.30. The zero-order valence-corrected chi connectivity index (χ0v) is 17.4. The van der Waals surface area contributed by atoms with Gasteiger partial charge in [0.2, 0.25) is 0 Å². The molecule has 2 aromatic carbocycles. The lowest BCUT2D eigenvalue weighted by molar-refractivity contribution is 0.246. The van der Waals surface area contributed by atoms with Crippen molar-refractivity contribution in [1.29, 1.82) is 0 Å². The molecule has 154 valence electrons. The summed E-state index contributed by atoms with van der Waals surface area (Å²) in [5, 5.41) is 3.12. The molecule has 5 rings (SSSR count). The van der Waals surface area contributed by atoms with Crippen LogP contribution in [0.4, 0.5) is 0 Å². The summed E-state index contributed by atoms with van der Waals surface area (Å²) in [6.45, 7) is 1.35. The molecule has 0 radical (unpaired) electrons.